The quantitative estimate of drug-likeness (QED) is 0.427. The summed E-state index contributed by atoms with van der Waals surface area (Å²) in [5.41, 5.74) is 6.98. The third-order valence-electron chi connectivity index (χ3n) is 7.48. The van der Waals surface area contributed by atoms with Crippen LogP contribution < -0.4 is 27.0 Å². The van der Waals surface area contributed by atoms with E-state index in [0.717, 1.165) is 18.0 Å². The van der Waals surface area contributed by atoms with Gasteiger partial charge in [0.1, 0.15) is 0 Å². The SMILES string of the molecule is CC1CC[C@@H]([C@@H](C)NC(=S)N[C@H]2CCCC[C@@H]2N)C1P(c1ccccc1)c1ccccc1. The van der Waals surface area contributed by atoms with E-state index in [0.29, 0.717) is 29.6 Å². The molecule has 32 heavy (non-hydrogen) atoms. The van der Waals surface area contributed by atoms with E-state index in [1.165, 1.54) is 36.3 Å². The second-order valence-electron chi connectivity index (χ2n) is 9.71. The van der Waals surface area contributed by atoms with Crippen LogP contribution in [0.3, 0.4) is 0 Å². The lowest BCUT2D eigenvalue weighted by molar-refractivity contribution is 0.354. The van der Waals surface area contributed by atoms with Gasteiger partial charge in [-0.25, -0.2) is 0 Å². The topological polar surface area (TPSA) is 50.1 Å². The van der Waals surface area contributed by atoms with Crippen molar-refractivity contribution in [2.45, 2.75) is 76.2 Å². The molecule has 0 spiro atoms. The van der Waals surface area contributed by atoms with Crippen LogP contribution in [0.25, 0.3) is 0 Å². The van der Waals surface area contributed by atoms with Gasteiger partial charge >= 0.3 is 0 Å². The Morgan fingerprint density at radius 1 is 0.938 bits per heavy atom. The van der Waals surface area contributed by atoms with Crippen molar-refractivity contribution in [1.82, 2.24) is 10.6 Å². The Morgan fingerprint density at radius 3 is 2.12 bits per heavy atom. The Bertz CT molecular complexity index is 822. The predicted molar refractivity (Wildman–Crippen MR) is 143 cm³/mol. The van der Waals surface area contributed by atoms with E-state index in [9.17, 15) is 0 Å². The molecule has 2 aromatic rings. The number of hydrogen-bond acceptors (Lipinski definition) is 2. The van der Waals surface area contributed by atoms with Gasteiger partial charge in [-0.1, -0.05) is 80.4 Å². The predicted octanol–water partition coefficient (Wildman–Crippen LogP) is 4.66. The minimum Gasteiger partial charge on any atom is -0.360 e. The molecule has 2 unspecified atom stereocenters. The fraction of sp³-hybridized carbons (Fsp3) is 0.519. The molecule has 4 rings (SSSR count). The maximum Gasteiger partial charge on any atom is 0.166 e. The summed E-state index contributed by atoms with van der Waals surface area (Å²) in [5.74, 6) is 1.29. The van der Waals surface area contributed by atoms with Crippen molar-refractivity contribution in [3.63, 3.8) is 0 Å². The van der Waals surface area contributed by atoms with Gasteiger partial charge in [-0.2, -0.15) is 0 Å². The highest BCUT2D eigenvalue weighted by Crippen LogP contribution is 2.53. The molecule has 172 valence electrons. The third kappa shape index (κ3) is 5.53. The van der Waals surface area contributed by atoms with Crippen molar-refractivity contribution in [3.05, 3.63) is 60.7 Å². The zero-order valence-corrected chi connectivity index (χ0v) is 21.1. The molecule has 2 fully saturated rings. The molecule has 0 heterocycles. The van der Waals surface area contributed by atoms with E-state index >= 15 is 0 Å². The second-order valence-corrected chi connectivity index (χ2v) is 12.5. The monoisotopic (exact) mass is 467 g/mol. The zero-order valence-electron chi connectivity index (χ0n) is 19.4. The van der Waals surface area contributed by atoms with Gasteiger partial charge in [0.15, 0.2) is 5.11 Å². The molecule has 2 aromatic carbocycles. The van der Waals surface area contributed by atoms with Gasteiger partial charge in [-0.05, 0) is 80.9 Å². The van der Waals surface area contributed by atoms with Crippen LogP contribution in [0.15, 0.2) is 60.7 Å². The van der Waals surface area contributed by atoms with Crippen LogP contribution in [0.5, 0.6) is 0 Å². The Labute approximate surface area is 200 Å². The molecule has 2 aliphatic carbocycles. The van der Waals surface area contributed by atoms with Crippen LogP contribution in [0.1, 0.15) is 52.4 Å². The Hall–Kier alpha value is -1.48. The summed E-state index contributed by atoms with van der Waals surface area (Å²) >= 11 is 5.75. The van der Waals surface area contributed by atoms with E-state index in [1.54, 1.807) is 0 Å². The van der Waals surface area contributed by atoms with E-state index in [4.69, 9.17) is 18.0 Å². The van der Waals surface area contributed by atoms with Crippen molar-refractivity contribution in [2.75, 3.05) is 0 Å². The van der Waals surface area contributed by atoms with E-state index in [-0.39, 0.29) is 6.04 Å². The summed E-state index contributed by atoms with van der Waals surface area (Å²) < 4.78 is 0. The number of benzene rings is 2. The lowest BCUT2D eigenvalue weighted by atomic mass is 9.91. The highest BCUT2D eigenvalue weighted by atomic mass is 32.1. The Kier molecular flexibility index (Phi) is 8.21. The molecule has 0 aromatic heterocycles. The van der Waals surface area contributed by atoms with Gasteiger partial charge in [0, 0.05) is 18.1 Å². The molecule has 2 saturated carbocycles. The van der Waals surface area contributed by atoms with Gasteiger partial charge in [0.25, 0.3) is 0 Å². The molecule has 5 heteroatoms. The molecule has 0 radical (unpaired) electrons. The van der Waals surface area contributed by atoms with E-state index in [2.05, 4.69) is 85.1 Å². The van der Waals surface area contributed by atoms with Gasteiger partial charge in [-0.3, -0.25) is 0 Å². The number of nitrogens with one attached hydrogen (secondary N) is 2. The summed E-state index contributed by atoms with van der Waals surface area (Å²) in [6, 6.07) is 23.2. The van der Waals surface area contributed by atoms with Crippen molar-refractivity contribution < 1.29 is 0 Å². The molecular weight excluding hydrogens is 429 g/mol. The van der Waals surface area contributed by atoms with Crippen molar-refractivity contribution in [3.8, 4) is 0 Å². The summed E-state index contributed by atoms with van der Waals surface area (Å²) in [7, 11) is -0.435. The lowest BCUT2D eigenvalue weighted by Gasteiger charge is -2.37. The normalized spacial score (nSPS) is 28.9. The fourth-order valence-electron chi connectivity index (χ4n) is 5.74. The second kappa shape index (κ2) is 11.1. The molecule has 0 aliphatic heterocycles. The minimum atomic E-state index is -0.435. The van der Waals surface area contributed by atoms with Gasteiger partial charge in [0.2, 0.25) is 0 Å². The first-order valence-corrected chi connectivity index (χ1v) is 14.1. The van der Waals surface area contributed by atoms with Crippen molar-refractivity contribution in [2.24, 2.45) is 17.6 Å². The van der Waals surface area contributed by atoms with E-state index < -0.39 is 7.92 Å². The maximum atomic E-state index is 6.34. The molecule has 0 saturated heterocycles. The van der Waals surface area contributed by atoms with E-state index in [1.807, 2.05) is 0 Å². The fourth-order valence-corrected chi connectivity index (χ4v) is 9.50. The van der Waals surface area contributed by atoms with Crippen LogP contribution in [-0.2, 0) is 0 Å². The lowest BCUT2D eigenvalue weighted by Crippen LogP contribution is -2.54. The smallest absolute Gasteiger partial charge is 0.166 e. The summed E-state index contributed by atoms with van der Waals surface area (Å²) in [4.78, 5) is 0. The number of rotatable bonds is 6. The molecule has 3 nitrogen and oxygen atoms in total. The van der Waals surface area contributed by atoms with Crippen LogP contribution in [0.4, 0.5) is 0 Å². The standard InChI is InChI=1S/C27H38N3PS/c1-19-17-18-23(20(2)29-27(32)30-25-16-10-9-15-24(25)28)26(19)31(21-11-5-3-6-12-21)22-13-7-4-8-14-22/h3-8,11-14,19-20,23-26H,9-10,15-18,28H2,1-2H3,(H2,29,30,32)/t19?,20-,23+,24+,25+,26?/m1/s1. The minimum absolute atomic E-state index is 0.210. The number of thiocarbonyl (C=S) groups is 1. The Balaban J connectivity index is 1.52. The third-order valence-corrected chi connectivity index (χ3v) is 10.9. The zero-order chi connectivity index (χ0) is 22.5. The summed E-state index contributed by atoms with van der Waals surface area (Å²) in [6.07, 6.45) is 7.23. The first kappa shape index (κ1) is 23.7. The average molecular weight is 468 g/mol. The molecule has 6 atom stereocenters. The molecule has 0 bridgehead atoms. The molecule has 0 amide bonds. The molecular formula is C27H38N3PS. The van der Waals surface area contributed by atoms with Crippen LogP contribution in [0.2, 0.25) is 0 Å². The van der Waals surface area contributed by atoms with Gasteiger partial charge in [0.05, 0.1) is 0 Å². The molecule has 4 N–H and O–H groups in total. The van der Waals surface area contributed by atoms with Crippen LogP contribution >= 0.6 is 20.1 Å². The van der Waals surface area contributed by atoms with Gasteiger partial charge in [-0.15, -0.1) is 0 Å². The van der Waals surface area contributed by atoms with Crippen LogP contribution in [0, 0.1) is 11.8 Å². The first-order chi connectivity index (χ1) is 15.5. The Morgan fingerprint density at radius 2 is 1.53 bits per heavy atom. The summed E-state index contributed by atoms with van der Waals surface area (Å²) in [5, 5.41) is 11.0. The highest BCUT2D eigenvalue weighted by molar-refractivity contribution is 7.80. The first-order valence-electron chi connectivity index (χ1n) is 12.3. The highest BCUT2D eigenvalue weighted by Gasteiger charge is 2.42. The average Bonchev–Trinajstić information content (AvgIpc) is 3.18. The summed E-state index contributed by atoms with van der Waals surface area (Å²) in [6.45, 7) is 4.78. The maximum absolute atomic E-state index is 6.34. The number of nitrogens with two attached hydrogens (primary N) is 1. The van der Waals surface area contributed by atoms with Crippen LogP contribution in [-0.4, -0.2) is 28.9 Å². The molecule has 2 aliphatic rings. The van der Waals surface area contributed by atoms with Crippen molar-refractivity contribution >= 4 is 35.9 Å². The largest absolute Gasteiger partial charge is 0.360 e. The number of hydrogen-bond donors (Lipinski definition) is 3. The van der Waals surface area contributed by atoms with Crippen molar-refractivity contribution in [1.29, 1.82) is 0 Å². The van der Waals surface area contributed by atoms with Gasteiger partial charge < -0.3 is 16.4 Å².